The molecule has 0 radical (unpaired) electrons. The molecule has 110 valence electrons. The minimum Gasteiger partial charge on any atom is -0.462 e. The minimum absolute atomic E-state index is 0.00926. The summed E-state index contributed by atoms with van der Waals surface area (Å²) in [6, 6.07) is 0. The van der Waals surface area contributed by atoms with Crippen LogP contribution in [0.25, 0.3) is 5.70 Å². The van der Waals surface area contributed by atoms with Gasteiger partial charge in [-0.2, -0.15) is 0 Å². The molecule has 0 aliphatic heterocycles. The van der Waals surface area contributed by atoms with Gasteiger partial charge < -0.3 is 19.8 Å². The summed E-state index contributed by atoms with van der Waals surface area (Å²) in [6.07, 6.45) is 1.49. The monoisotopic (exact) mass is 281 g/mol. The summed E-state index contributed by atoms with van der Waals surface area (Å²) in [5.74, 6) is -0.903. The zero-order valence-corrected chi connectivity index (χ0v) is 12.1. The highest BCUT2D eigenvalue weighted by Crippen LogP contribution is 2.17. The molecule has 7 heteroatoms. The van der Waals surface area contributed by atoms with Crippen LogP contribution in [0.15, 0.2) is 11.8 Å². The van der Waals surface area contributed by atoms with Crippen LogP contribution in [0.3, 0.4) is 0 Å². The number of nitrogens with zero attached hydrogens (tertiary/aromatic N) is 2. The topological polar surface area (TPSA) is 96.4 Å². The van der Waals surface area contributed by atoms with Crippen LogP contribution in [0.1, 0.15) is 25.4 Å². The summed E-state index contributed by atoms with van der Waals surface area (Å²) >= 11 is 0. The van der Waals surface area contributed by atoms with Gasteiger partial charge in [0, 0.05) is 7.05 Å². The van der Waals surface area contributed by atoms with Crippen LogP contribution >= 0.6 is 0 Å². The second kappa shape index (κ2) is 6.74. The number of carbonyl (C=O) groups excluding carboxylic acids is 2. The first-order valence-electron chi connectivity index (χ1n) is 6.26. The fourth-order valence-corrected chi connectivity index (χ4v) is 1.59. The second-order valence-electron chi connectivity index (χ2n) is 3.98. The maximum absolute atomic E-state index is 11.9. The molecule has 1 aromatic rings. The van der Waals surface area contributed by atoms with Crippen molar-refractivity contribution >= 4 is 17.6 Å². The van der Waals surface area contributed by atoms with Crippen molar-refractivity contribution in [3.8, 4) is 0 Å². The van der Waals surface area contributed by atoms with E-state index in [-0.39, 0.29) is 24.5 Å². The molecule has 0 atom stereocenters. The van der Waals surface area contributed by atoms with Crippen LogP contribution in [0, 0.1) is 6.92 Å². The van der Waals surface area contributed by atoms with Crippen molar-refractivity contribution < 1.29 is 19.1 Å². The van der Waals surface area contributed by atoms with Crippen molar-refractivity contribution in [2.24, 2.45) is 12.8 Å². The Kier molecular flexibility index (Phi) is 5.31. The number of hydrogen-bond donors (Lipinski definition) is 1. The van der Waals surface area contributed by atoms with Crippen LogP contribution in [0.4, 0.5) is 0 Å². The van der Waals surface area contributed by atoms with Gasteiger partial charge in [0.2, 0.25) is 0 Å². The average molecular weight is 281 g/mol. The molecule has 0 amide bonds. The van der Waals surface area contributed by atoms with Crippen LogP contribution in [-0.2, 0) is 26.1 Å². The van der Waals surface area contributed by atoms with Crippen molar-refractivity contribution in [1.82, 2.24) is 9.55 Å². The minimum atomic E-state index is -0.803. The molecule has 0 saturated heterocycles. The van der Waals surface area contributed by atoms with E-state index >= 15 is 0 Å². The van der Waals surface area contributed by atoms with Crippen LogP contribution in [-0.4, -0.2) is 34.7 Å². The van der Waals surface area contributed by atoms with Crippen LogP contribution in [0.2, 0.25) is 0 Å². The molecule has 0 aliphatic carbocycles. The highest BCUT2D eigenvalue weighted by atomic mass is 16.6. The second-order valence-corrected chi connectivity index (χ2v) is 3.98. The van der Waals surface area contributed by atoms with Gasteiger partial charge >= 0.3 is 11.9 Å². The Bertz CT molecular complexity index is 526. The van der Waals surface area contributed by atoms with Gasteiger partial charge in [0.25, 0.3) is 0 Å². The van der Waals surface area contributed by atoms with Gasteiger partial charge in [0.05, 0.1) is 30.8 Å². The Morgan fingerprint density at radius 1 is 1.25 bits per heavy atom. The Balaban J connectivity index is 3.32. The Morgan fingerprint density at radius 3 is 2.10 bits per heavy atom. The highest BCUT2D eigenvalue weighted by Gasteiger charge is 2.26. The summed E-state index contributed by atoms with van der Waals surface area (Å²) in [4.78, 5) is 27.9. The van der Waals surface area contributed by atoms with E-state index in [9.17, 15) is 9.59 Å². The Morgan fingerprint density at radius 2 is 1.75 bits per heavy atom. The first-order valence-corrected chi connectivity index (χ1v) is 6.26. The highest BCUT2D eigenvalue weighted by molar-refractivity contribution is 6.19. The largest absolute Gasteiger partial charge is 0.462 e. The molecule has 2 N–H and O–H groups in total. The van der Waals surface area contributed by atoms with Crippen molar-refractivity contribution in [3.63, 3.8) is 0 Å². The van der Waals surface area contributed by atoms with Gasteiger partial charge in [0.1, 0.15) is 5.82 Å². The number of aryl methyl sites for hydroxylation is 1. The van der Waals surface area contributed by atoms with Gasteiger partial charge in [-0.05, 0) is 20.8 Å². The van der Waals surface area contributed by atoms with E-state index in [4.69, 9.17) is 15.2 Å². The number of carbonyl (C=O) groups is 2. The Labute approximate surface area is 117 Å². The van der Waals surface area contributed by atoms with E-state index in [1.54, 1.807) is 32.4 Å². The molecule has 1 aromatic heterocycles. The molecule has 0 aromatic carbocycles. The normalized spacial score (nSPS) is 10.0. The fraction of sp³-hybridized carbons (Fsp3) is 0.462. The predicted octanol–water partition coefficient (Wildman–Crippen LogP) is 0.525. The van der Waals surface area contributed by atoms with Crippen molar-refractivity contribution in [2.75, 3.05) is 13.2 Å². The lowest BCUT2D eigenvalue weighted by Gasteiger charge is -2.11. The van der Waals surface area contributed by atoms with E-state index in [2.05, 4.69) is 4.98 Å². The lowest BCUT2D eigenvalue weighted by Crippen LogP contribution is -2.23. The molecule has 1 heterocycles. The maximum atomic E-state index is 11.9. The third-order valence-electron chi connectivity index (χ3n) is 2.72. The molecule has 0 fully saturated rings. The molecule has 0 aliphatic rings. The molecule has 0 unspecified atom stereocenters. The Hall–Kier alpha value is -2.31. The van der Waals surface area contributed by atoms with E-state index in [0.717, 1.165) is 0 Å². The predicted molar refractivity (Wildman–Crippen MR) is 72.3 cm³/mol. The summed E-state index contributed by atoms with van der Waals surface area (Å²) in [7, 11) is 1.73. The number of ether oxygens (including phenoxy) is 2. The molecule has 1 rings (SSSR count). The van der Waals surface area contributed by atoms with E-state index in [0.29, 0.717) is 11.5 Å². The van der Waals surface area contributed by atoms with Gasteiger partial charge in [-0.25, -0.2) is 14.6 Å². The summed E-state index contributed by atoms with van der Waals surface area (Å²) < 4.78 is 11.4. The zero-order chi connectivity index (χ0) is 15.3. The number of aromatic nitrogens is 2. The summed E-state index contributed by atoms with van der Waals surface area (Å²) in [5, 5.41) is 0. The quantitative estimate of drug-likeness (QED) is 0.366. The number of nitrogens with two attached hydrogens (primary N) is 1. The molecule has 0 saturated carbocycles. The number of hydrogen-bond acceptors (Lipinski definition) is 6. The molecular formula is C13H19N3O4. The van der Waals surface area contributed by atoms with E-state index in [1.165, 1.54) is 6.20 Å². The van der Waals surface area contributed by atoms with Gasteiger partial charge in [-0.1, -0.05) is 0 Å². The lowest BCUT2D eigenvalue weighted by molar-refractivity contribution is -0.146. The lowest BCUT2D eigenvalue weighted by atomic mass is 10.1. The van der Waals surface area contributed by atoms with Crippen molar-refractivity contribution in [3.05, 3.63) is 23.3 Å². The molecule has 0 spiro atoms. The zero-order valence-electron chi connectivity index (χ0n) is 12.1. The first kappa shape index (κ1) is 15.7. The van der Waals surface area contributed by atoms with E-state index in [1.807, 2.05) is 0 Å². The number of esters is 2. The summed E-state index contributed by atoms with van der Waals surface area (Å²) in [6.45, 7) is 5.35. The van der Waals surface area contributed by atoms with Gasteiger partial charge in [-0.3, -0.25) is 0 Å². The summed E-state index contributed by atoms with van der Waals surface area (Å²) in [5.41, 5.74) is 6.07. The molecular weight excluding hydrogens is 262 g/mol. The van der Waals surface area contributed by atoms with Crippen LogP contribution < -0.4 is 5.73 Å². The smallest absolute Gasteiger partial charge is 0.347 e. The number of rotatable bonds is 5. The third kappa shape index (κ3) is 3.17. The van der Waals surface area contributed by atoms with E-state index < -0.39 is 11.9 Å². The third-order valence-corrected chi connectivity index (χ3v) is 2.72. The molecule has 7 nitrogen and oxygen atoms in total. The number of imidazole rings is 1. The molecule has 20 heavy (non-hydrogen) atoms. The molecule has 0 bridgehead atoms. The SMILES string of the molecule is CCOC(=O)C(C(=O)OCC)=C(N)c1cnc(C)n1C. The van der Waals surface area contributed by atoms with Gasteiger partial charge in [-0.15, -0.1) is 0 Å². The maximum Gasteiger partial charge on any atom is 0.347 e. The fourth-order valence-electron chi connectivity index (χ4n) is 1.59. The average Bonchev–Trinajstić information content (AvgIpc) is 2.71. The van der Waals surface area contributed by atoms with Crippen LogP contribution in [0.5, 0.6) is 0 Å². The first-order chi connectivity index (χ1) is 9.43. The van der Waals surface area contributed by atoms with Crippen molar-refractivity contribution in [2.45, 2.75) is 20.8 Å². The van der Waals surface area contributed by atoms with Gasteiger partial charge in [0.15, 0.2) is 5.57 Å². The standard InChI is InChI=1S/C13H19N3O4/c1-5-19-12(17)10(13(18)20-6-2)11(14)9-7-15-8(3)16(9)4/h7H,5-6,14H2,1-4H3. The van der Waals surface area contributed by atoms with Crippen molar-refractivity contribution in [1.29, 1.82) is 0 Å².